The molecule has 0 fully saturated rings. The van der Waals surface area contributed by atoms with Gasteiger partial charge in [0.1, 0.15) is 5.76 Å². The lowest BCUT2D eigenvalue weighted by Gasteiger charge is -2.38. The largest absolute Gasteiger partial charge is 0.520 e. The molecule has 0 saturated carbocycles. The summed E-state index contributed by atoms with van der Waals surface area (Å²) in [6, 6.07) is 20.3. The molecule has 0 aliphatic heterocycles. The van der Waals surface area contributed by atoms with Gasteiger partial charge in [0.05, 0.1) is 6.61 Å². The maximum Gasteiger partial charge on any atom is 0.404 e. The van der Waals surface area contributed by atoms with E-state index in [9.17, 15) is 0 Å². The number of benzene rings is 2. The summed E-state index contributed by atoms with van der Waals surface area (Å²) < 4.78 is 12.9. The average Bonchev–Trinajstić information content (AvgIpc) is 2.65. The third kappa shape index (κ3) is 5.20. The fraction of sp³-hybridized carbons (Fsp3) is 0.304. The molecule has 3 heteroatoms. The van der Waals surface area contributed by atoms with Crippen molar-refractivity contribution in [2.24, 2.45) is 0 Å². The van der Waals surface area contributed by atoms with Crippen LogP contribution in [0.15, 0.2) is 73.3 Å². The van der Waals surface area contributed by atoms with E-state index in [2.05, 4.69) is 58.6 Å². The minimum Gasteiger partial charge on any atom is -0.520 e. The van der Waals surface area contributed by atoms with Gasteiger partial charge in [0, 0.05) is 16.6 Å². The van der Waals surface area contributed by atoms with Crippen LogP contribution < -0.4 is 0 Å². The Morgan fingerprint density at radius 2 is 1.46 bits per heavy atom. The second-order valence-electron chi connectivity index (χ2n) is 7.05. The van der Waals surface area contributed by atoms with Gasteiger partial charge < -0.3 is 8.85 Å². The molecule has 0 heterocycles. The molecule has 0 atom stereocenters. The predicted molar refractivity (Wildman–Crippen MR) is 114 cm³/mol. The van der Waals surface area contributed by atoms with E-state index in [1.807, 2.05) is 48.5 Å². The maximum absolute atomic E-state index is 6.49. The molecule has 2 rings (SSSR count). The zero-order chi connectivity index (χ0) is 19.0. The van der Waals surface area contributed by atoms with Crippen LogP contribution in [-0.4, -0.2) is 15.2 Å². The third-order valence-electron chi connectivity index (χ3n) is 4.50. The van der Waals surface area contributed by atoms with Gasteiger partial charge >= 0.3 is 8.56 Å². The first-order chi connectivity index (χ1) is 12.5. The molecule has 2 nitrogen and oxygen atoms in total. The smallest absolute Gasteiger partial charge is 0.404 e. The normalized spacial score (nSPS) is 12.1. The maximum atomic E-state index is 6.49. The molecule has 2 aromatic rings. The van der Waals surface area contributed by atoms with Gasteiger partial charge in [0.2, 0.25) is 0 Å². The molecular formula is C23H30O2Si. The van der Waals surface area contributed by atoms with Crippen molar-refractivity contribution in [2.45, 2.75) is 38.8 Å². The van der Waals surface area contributed by atoms with Crippen LogP contribution in [0.1, 0.15) is 38.8 Å². The van der Waals surface area contributed by atoms with Crippen LogP contribution in [0, 0.1) is 0 Å². The van der Waals surface area contributed by atoms with Crippen molar-refractivity contribution in [1.82, 2.24) is 0 Å². The average molecular weight is 367 g/mol. The lowest BCUT2D eigenvalue weighted by Crippen LogP contribution is -2.47. The Kier molecular flexibility index (Phi) is 7.43. The van der Waals surface area contributed by atoms with E-state index in [4.69, 9.17) is 8.85 Å². The number of rotatable bonds is 9. The summed E-state index contributed by atoms with van der Waals surface area (Å²) in [7, 11) is -2.49. The van der Waals surface area contributed by atoms with E-state index in [0.717, 1.165) is 5.56 Å². The Hall–Kier alpha value is -2.10. The van der Waals surface area contributed by atoms with E-state index in [-0.39, 0.29) is 0 Å². The van der Waals surface area contributed by atoms with E-state index < -0.39 is 8.56 Å². The van der Waals surface area contributed by atoms with E-state index in [0.29, 0.717) is 23.4 Å². The minimum absolute atomic E-state index is 0.313. The highest BCUT2D eigenvalue weighted by Gasteiger charge is 2.47. The van der Waals surface area contributed by atoms with Crippen molar-refractivity contribution < 1.29 is 8.85 Å². The molecule has 0 spiro atoms. The van der Waals surface area contributed by atoms with Gasteiger partial charge in [-0.05, 0) is 5.56 Å². The first-order valence-electron chi connectivity index (χ1n) is 9.24. The van der Waals surface area contributed by atoms with Crippen LogP contribution in [0.5, 0.6) is 0 Å². The first-order valence-corrected chi connectivity index (χ1v) is 11.2. The molecule has 0 saturated heterocycles. The molecule has 26 heavy (non-hydrogen) atoms. The number of hydrogen-bond acceptors (Lipinski definition) is 2. The van der Waals surface area contributed by atoms with Crippen molar-refractivity contribution in [1.29, 1.82) is 0 Å². The second kappa shape index (κ2) is 9.55. The zero-order valence-electron chi connectivity index (χ0n) is 16.3. The molecule has 0 aliphatic rings. The van der Waals surface area contributed by atoms with Crippen LogP contribution in [0.4, 0.5) is 0 Å². The van der Waals surface area contributed by atoms with Gasteiger partial charge in [0.15, 0.2) is 0 Å². The molecule has 0 aliphatic carbocycles. The van der Waals surface area contributed by atoms with Gasteiger partial charge in [-0.3, -0.25) is 0 Å². The summed E-state index contributed by atoms with van der Waals surface area (Å²) in [5, 5.41) is 0. The minimum atomic E-state index is -2.49. The molecule has 0 amide bonds. The summed E-state index contributed by atoms with van der Waals surface area (Å²) in [5.74, 6) is 0.701. The Morgan fingerprint density at radius 3 is 2.00 bits per heavy atom. The lowest BCUT2D eigenvalue weighted by atomic mass is 10.2. The molecule has 0 N–H and O–H groups in total. The van der Waals surface area contributed by atoms with Crippen LogP contribution in [0.2, 0.25) is 11.1 Å². The Bertz CT molecular complexity index is 698. The fourth-order valence-electron chi connectivity index (χ4n) is 3.07. The van der Waals surface area contributed by atoms with E-state index in [1.54, 1.807) is 0 Å². The van der Waals surface area contributed by atoms with Gasteiger partial charge in [0.25, 0.3) is 0 Å². The standard InChI is InChI=1S/C23H30O2Si/c1-19(2)26(20(3)4,25-21(5)23-16-10-7-11-17-23)24-18-12-15-22-13-8-6-9-14-22/h6-17,19-20H,5,18H2,1-4H3/b15-12+. The van der Waals surface area contributed by atoms with E-state index in [1.165, 1.54) is 5.56 Å². The van der Waals surface area contributed by atoms with Gasteiger partial charge in [-0.2, -0.15) is 0 Å². The lowest BCUT2D eigenvalue weighted by molar-refractivity contribution is 0.233. The highest BCUT2D eigenvalue weighted by molar-refractivity contribution is 6.71. The van der Waals surface area contributed by atoms with Gasteiger partial charge in [-0.1, -0.05) is 107 Å². The van der Waals surface area contributed by atoms with Gasteiger partial charge in [-0.15, -0.1) is 0 Å². The fourth-order valence-corrected chi connectivity index (χ4v) is 6.46. The zero-order valence-corrected chi connectivity index (χ0v) is 17.3. The molecule has 138 valence electrons. The van der Waals surface area contributed by atoms with Crippen LogP contribution in [0.25, 0.3) is 11.8 Å². The molecule has 0 radical (unpaired) electrons. The van der Waals surface area contributed by atoms with Gasteiger partial charge in [-0.25, -0.2) is 0 Å². The number of hydrogen-bond donors (Lipinski definition) is 0. The van der Waals surface area contributed by atoms with Crippen molar-refractivity contribution >= 4 is 20.4 Å². The summed E-state index contributed by atoms with van der Waals surface area (Å²) in [6.07, 6.45) is 4.16. The summed E-state index contributed by atoms with van der Waals surface area (Å²) in [6.45, 7) is 13.4. The highest BCUT2D eigenvalue weighted by atomic mass is 28.4. The molecule has 0 aromatic heterocycles. The summed E-state index contributed by atoms with van der Waals surface area (Å²) in [4.78, 5) is 0. The molecule has 0 unspecified atom stereocenters. The van der Waals surface area contributed by atoms with Crippen LogP contribution >= 0.6 is 0 Å². The summed E-state index contributed by atoms with van der Waals surface area (Å²) >= 11 is 0. The molecule has 2 aromatic carbocycles. The predicted octanol–water partition coefficient (Wildman–Crippen LogP) is 6.67. The Labute approximate surface area is 159 Å². The second-order valence-corrected chi connectivity index (χ2v) is 11.3. The van der Waals surface area contributed by atoms with Crippen LogP contribution in [-0.2, 0) is 8.85 Å². The quantitative estimate of drug-likeness (QED) is 0.364. The SMILES string of the molecule is C=C(O[Si](OC/C=C/c1ccccc1)(C(C)C)C(C)C)c1ccccc1. The Morgan fingerprint density at radius 1 is 0.923 bits per heavy atom. The van der Waals surface area contributed by atoms with Crippen molar-refractivity contribution in [3.63, 3.8) is 0 Å². The molecular weight excluding hydrogens is 336 g/mol. The topological polar surface area (TPSA) is 18.5 Å². The first kappa shape index (κ1) is 20.2. The van der Waals surface area contributed by atoms with Crippen molar-refractivity contribution in [3.8, 4) is 0 Å². The third-order valence-corrected chi connectivity index (χ3v) is 8.91. The molecule has 0 bridgehead atoms. The highest BCUT2D eigenvalue weighted by Crippen LogP contribution is 2.37. The Balaban J connectivity index is 2.11. The van der Waals surface area contributed by atoms with Crippen molar-refractivity contribution in [2.75, 3.05) is 6.61 Å². The van der Waals surface area contributed by atoms with E-state index >= 15 is 0 Å². The van der Waals surface area contributed by atoms with Crippen LogP contribution in [0.3, 0.4) is 0 Å². The summed E-state index contributed by atoms with van der Waals surface area (Å²) in [5.41, 5.74) is 2.81. The van der Waals surface area contributed by atoms with Crippen molar-refractivity contribution in [3.05, 3.63) is 84.4 Å². The monoisotopic (exact) mass is 366 g/mol.